The van der Waals surface area contributed by atoms with E-state index in [4.69, 9.17) is 14.5 Å². The third-order valence-corrected chi connectivity index (χ3v) is 4.69. The number of nitrogens with one attached hydrogen (secondary N) is 3. The monoisotopic (exact) mass is 568 g/mol. The first-order valence-electron chi connectivity index (χ1n) is 11.2. The Kier molecular flexibility index (Phi) is 14.9. The number of aliphatic imine (C=N–C) groups is 1. The SMILES string of the molecule is CCNC(=NCc1ccc(C)cc1OCCCOC)NCCCNC(=O)c1ccccc1.I. The van der Waals surface area contributed by atoms with Crippen molar-refractivity contribution >= 4 is 35.8 Å². The van der Waals surface area contributed by atoms with Crippen LogP contribution >= 0.6 is 24.0 Å². The highest BCUT2D eigenvalue weighted by Gasteiger charge is 2.06. The number of nitrogens with zero attached hydrogens (tertiary/aromatic N) is 1. The van der Waals surface area contributed by atoms with Crippen LogP contribution in [-0.2, 0) is 11.3 Å². The minimum absolute atomic E-state index is 0. The van der Waals surface area contributed by atoms with Crippen LogP contribution in [0.15, 0.2) is 53.5 Å². The Morgan fingerprint density at radius 1 is 0.970 bits per heavy atom. The van der Waals surface area contributed by atoms with E-state index in [1.54, 1.807) is 7.11 Å². The number of carbonyl (C=O) groups is 1. The largest absolute Gasteiger partial charge is 0.493 e. The molecule has 0 radical (unpaired) electrons. The van der Waals surface area contributed by atoms with E-state index in [1.807, 2.05) is 43.3 Å². The molecule has 0 saturated heterocycles. The third kappa shape index (κ3) is 11.4. The number of benzene rings is 2. The molecule has 1 amide bonds. The molecule has 0 saturated carbocycles. The summed E-state index contributed by atoms with van der Waals surface area (Å²) >= 11 is 0. The Balaban J connectivity index is 0.00000544. The van der Waals surface area contributed by atoms with E-state index in [2.05, 4.69) is 35.0 Å². The molecule has 0 fully saturated rings. The zero-order valence-electron chi connectivity index (χ0n) is 19.9. The lowest BCUT2D eigenvalue weighted by Crippen LogP contribution is -2.38. The zero-order chi connectivity index (χ0) is 23.0. The number of carbonyl (C=O) groups excluding carboxylic acids is 1. The number of rotatable bonds is 13. The number of methoxy groups -OCH3 is 1. The highest BCUT2D eigenvalue weighted by molar-refractivity contribution is 14.0. The second-order valence-corrected chi connectivity index (χ2v) is 7.40. The molecule has 2 aromatic rings. The van der Waals surface area contributed by atoms with Gasteiger partial charge < -0.3 is 25.4 Å². The molecule has 2 aromatic carbocycles. The number of guanidine groups is 1. The molecule has 182 valence electrons. The van der Waals surface area contributed by atoms with Crippen LogP contribution in [0.2, 0.25) is 0 Å². The van der Waals surface area contributed by atoms with Crippen LogP contribution in [0.4, 0.5) is 0 Å². The van der Waals surface area contributed by atoms with Crippen molar-refractivity contribution < 1.29 is 14.3 Å². The molecule has 0 bridgehead atoms. The topological polar surface area (TPSA) is 84.0 Å². The fourth-order valence-corrected chi connectivity index (χ4v) is 3.01. The molecule has 0 aliphatic carbocycles. The van der Waals surface area contributed by atoms with Gasteiger partial charge in [-0.05, 0) is 44.0 Å². The van der Waals surface area contributed by atoms with Gasteiger partial charge in [-0.15, -0.1) is 24.0 Å². The van der Waals surface area contributed by atoms with Crippen molar-refractivity contribution in [3.05, 3.63) is 65.2 Å². The number of hydrogen-bond acceptors (Lipinski definition) is 4. The van der Waals surface area contributed by atoms with Gasteiger partial charge in [-0.25, -0.2) is 4.99 Å². The van der Waals surface area contributed by atoms with Crippen molar-refractivity contribution in [1.29, 1.82) is 0 Å². The lowest BCUT2D eigenvalue weighted by molar-refractivity contribution is 0.0953. The average Bonchev–Trinajstić information content (AvgIpc) is 2.81. The van der Waals surface area contributed by atoms with Crippen LogP contribution in [0, 0.1) is 6.92 Å². The molecular formula is C25H37IN4O3. The Bertz CT molecular complexity index is 847. The van der Waals surface area contributed by atoms with Crippen molar-refractivity contribution in [2.45, 2.75) is 33.2 Å². The highest BCUT2D eigenvalue weighted by Crippen LogP contribution is 2.21. The molecule has 0 aliphatic heterocycles. The molecule has 0 unspecified atom stereocenters. The summed E-state index contributed by atoms with van der Waals surface area (Å²) in [7, 11) is 1.69. The molecule has 0 spiro atoms. The van der Waals surface area contributed by atoms with Crippen LogP contribution in [0.25, 0.3) is 0 Å². The van der Waals surface area contributed by atoms with Gasteiger partial charge in [0, 0.05) is 50.9 Å². The number of aryl methyl sites for hydroxylation is 1. The van der Waals surface area contributed by atoms with Crippen LogP contribution < -0.4 is 20.7 Å². The summed E-state index contributed by atoms with van der Waals surface area (Å²) in [6, 6.07) is 15.4. The molecule has 0 aliphatic rings. The van der Waals surface area contributed by atoms with Crippen LogP contribution in [0.3, 0.4) is 0 Å². The molecule has 0 aromatic heterocycles. The number of ether oxygens (including phenoxy) is 2. The molecule has 33 heavy (non-hydrogen) atoms. The van der Waals surface area contributed by atoms with Crippen molar-refractivity contribution in [3.63, 3.8) is 0 Å². The Labute approximate surface area is 214 Å². The van der Waals surface area contributed by atoms with Crippen molar-refractivity contribution in [3.8, 4) is 5.75 Å². The maximum atomic E-state index is 12.1. The smallest absolute Gasteiger partial charge is 0.251 e. The van der Waals surface area contributed by atoms with Crippen LogP contribution in [-0.4, -0.2) is 51.8 Å². The molecular weight excluding hydrogens is 531 g/mol. The first-order chi connectivity index (χ1) is 15.6. The van der Waals surface area contributed by atoms with E-state index in [0.29, 0.717) is 38.4 Å². The summed E-state index contributed by atoms with van der Waals surface area (Å²) in [5, 5.41) is 9.53. The Hall–Kier alpha value is -2.33. The van der Waals surface area contributed by atoms with E-state index in [9.17, 15) is 4.79 Å². The van der Waals surface area contributed by atoms with Gasteiger partial charge in [0.1, 0.15) is 5.75 Å². The van der Waals surface area contributed by atoms with Gasteiger partial charge in [0.25, 0.3) is 5.91 Å². The van der Waals surface area contributed by atoms with Gasteiger partial charge in [-0.2, -0.15) is 0 Å². The summed E-state index contributed by atoms with van der Waals surface area (Å²) in [6.07, 6.45) is 1.64. The molecule has 7 nitrogen and oxygen atoms in total. The van der Waals surface area contributed by atoms with Crippen LogP contribution in [0.5, 0.6) is 5.75 Å². The predicted octanol–water partition coefficient (Wildman–Crippen LogP) is 3.90. The van der Waals surface area contributed by atoms with Gasteiger partial charge in [-0.1, -0.05) is 30.3 Å². The van der Waals surface area contributed by atoms with E-state index in [1.165, 1.54) is 0 Å². The maximum absolute atomic E-state index is 12.1. The minimum Gasteiger partial charge on any atom is -0.493 e. The average molecular weight is 569 g/mol. The van der Waals surface area contributed by atoms with Gasteiger partial charge >= 0.3 is 0 Å². The van der Waals surface area contributed by atoms with Crippen molar-refractivity contribution in [1.82, 2.24) is 16.0 Å². The standard InChI is InChI=1S/C25H36N4O3.HI/c1-4-26-25(28-15-8-14-27-24(30)21-10-6-5-7-11-21)29-19-22-13-12-20(2)18-23(22)32-17-9-16-31-3;/h5-7,10-13,18H,4,8-9,14-17,19H2,1-3H3,(H,27,30)(H2,26,28,29);1H. The van der Waals surface area contributed by atoms with E-state index in [0.717, 1.165) is 42.2 Å². The molecule has 0 atom stereocenters. The fourth-order valence-electron chi connectivity index (χ4n) is 3.01. The van der Waals surface area contributed by atoms with Crippen molar-refractivity contribution in [2.75, 3.05) is 40.0 Å². The second-order valence-electron chi connectivity index (χ2n) is 7.40. The maximum Gasteiger partial charge on any atom is 0.251 e. The van der Waals surface area contributed by atoms with Gasteiger partial charge in [0.2, 0.25) is 0 Å². The lowest BCUT2D eigenvalue weighted by atomic mass is 10.1. The predicted molar refractivity (Wildman–Crippen MR) is 145 cm³/mol. The zero-order valence-corrected chi connectivity index (χ0v) is 22.2. The molecule has 8 heteroatoms. The summed E-state index contributed by atoms with van der Waals surface area (Å²) in [5.41, 5.74) is 2.87. The Morgan fingerprint density at radius 2 is 1.73 bits per heavy atom. The first kappa shape index (κ1) is 28.7. The first-order valence-corrected chi connectivity index (χ1v) is 11.2. The molecule has 3 N–H and O–H groups in total. The third-order valence-electron chi connectivity index (χ3n) is 4.69. The Morgan fingerprint density at radius 3 is 2.45 bits per heavy atom. The number of halogens is 1. The van der Waals surface area contributed by atoms with E-state index >= 15 is 0 Å². The molecule has 0 heterocycles. The number of hydrogen-bond donors (Lipinski definition) is 3. The highest BCUT2D eigenvalue weighted by atomic mass is 127. The number of amides is 1. The quantitative estimate of drug-likeness (QED) is 0.148. The normalized spacial score (nSPS) is 10.8. The van der Waals surface area contributed by atoms with Gasteiger partial charge in [0.15, 0.2) is 5.96 Å². The van der Waals surface area contributed by atoms with E-state index < -0.39 is 0 Å². The molecule has 2 rings (SSSR count). The van der Waals surface area contributed by atoms with Gasteiger partial charge in [-0.3, -0.25) is 4.79 Å². The summed E-state index contributed by atoms with van der Waals surface area (Å²) < 4.78 is 11.0. The fraction of sp³-hybridized carbons (Fsp3) is 0.440. The summed E-state index contributed by atoms with van der Waals surface area (Å²) in [5.74, 6) is 1.56. The van der Waals surface area contributed by atoms with E-state index in [-0.39, 0.29) is 29.9 Å². The lowest BCUT2D eigenvalue weighted by Gasteiger charge is -2.14. The van der Waals surface area contributed by atoms with Crippen molar-refractivity contribution in [2.24, 2.45) is 4.99 Å². The van der Waals surface area contributed by atoms with Crippen LogP contribution in [0.1, 0.15) is 41.3 Å². The summed E-state index contributed by atoms with van der Waals surface area (Å²) in [4.78, 5) is 16.8. The van der Waals surface area contributed by atoms with Gasteiger partial charge in [0.05, 0.1) is 13.2 Å². The summed E-state index contributed by atoms with van der Waals surface area (Å²) in [6.45, 7) is 7.96. The minimum atomic E-state index is -0.0522. The second kappa shape index (κ2) is 17.2.